The number of ether oxygens (including phenoxy) is 2. The summed E-state index contributed by atoms with van der Waals surface area (Å²) >= 11 is 0. The Morgan fingerprint density at radius 1 is 0.897 bits per heavy atom. The molecular weight excluding hydrogens is 370 g/mol. The van der Waals surface area contributed by atoms with Gasteiger partial charge in [0.15, 0.2) is 11.5 Å². The number of benzene rings is 1. The number of rotatable bonds is 6. The lowest BCUT2D eigenvalue weighted by Gasteiger charge is -2.16. The lowest BCUT2D eigenvalue weighted by atomic mass is 10.1. The van der Waals surface area contributed by atoms with Crippen LogP contribution in [0.4, 0.5) is 5.69 Å². The largest absolute Gasteiger partial charge is 0.493 e. The minimum Gasteiger partial charge on any atom is -0.493 e. The first-order valence-electron chi connectivity index (χ1n) is 9.92. The molecule has 7 nitrogen and oxygen atoms in total. The fraction of sp³-hybridized carbons (Fsp3) is 0.409. The van der Waals surface area contributed by atoms with E-state index in [4.69, 9.17) is 9.47 Å². The van der Waals surface area contributed by atoms with Crippen LogP contribution in [0.15, 0.2) is 36.4 Å². The zero-order valence-electron chi connectivity index (χ0n) is 16.9. The number of hydrogen-bond acceptors (Lipinski definition) is 5. The molecule has 2 aromatic rings. The second kappa shape index (κ2) is 9.91. The first-order valence-corrected chi connectivity index (χ1v) is 9.92. The number of carbonyl (C=O) groups is 2. The highest BCUT2D eigenvalue weighted by atomic mass is 16.5. The number of anilines is 1. The van der Waals surface area contributed by atoms with Crippen molar-refractivity contribution in [1.82, 2.24) is 10.3 Å². The van der Waals surface area contributed by atoms with Gasteiger partial charge < -0.3 is 20.1 Å². The summed E-state index contributed by atoms with van der Waals surface area (Å²) in [5.41, 5.74) is 0.963. The van der Waals surface area contributed by atoms with Crippen LogP contribution in [0.1, 0.15) is 59.5 Å². The Balaban J connectivity index is 1.68. The van der Waals surface area contributed by atoms with Crippen LogP contribution in [-0.2, 0) is 0 Å². The second-order valence-corrected chi connectivity index (χ2v) is 7.09. The van der Waals surface area contributed by atoms with Crippen LogP contribution in [0, 0.1) is 0 Å². The molecule has 0 unspecified atom stereocenters. The topological polar surface area (TPSA) is 89.5 Å². The van der Waals surface area contributed by atoms with Gasteiger partial charge in [-0.15, -0.1) is 0 Å². The lowest BCUT2D eigenvalue weighted by Crippen LogP contribution is -2.35. The van der Waals surface area contributed by atoms with Crippen molar-refractivity contribution in [3.05, 3.63) is 47.8 Å². The number of pyridine rings is 1. The molecule has 0 spiro atoms. The third-order valence-corrected chi connectivity index (χ3v) is 5.05. The minimum absolute atomic E-state index is 0.174. The Morgan fingerprint density at radius 3 is 2.21 bits per heavy atom. The third kappa shape index (κ3) is 5.47. The van der Waals surface area contributed by atoms with Crippen LogP contribution in [0.25, 0.3) is 0 Å². The van der Waals surface area contributed by atoms with E-state index in [1.54, 1.807) is 43.5 Å². The molecule has 0 atom stereocenters. The standard InChI is InChI=1S/C22H27N3O4/c1-28-19-13-12-16(14-20(19)29-2)24-22(27)18-11-7-10-17(25-18)21(26)23-15-8-5-3-4-6-9-15/h7,10-15H,3-6,8-9H2,1-2H3,(H,23,26)(H,24,27). The number of carbonyl (C=O) groups excluding carboxylic acids is 2. The van der Waals surface area contributed by atoms with Crippen molar-refractivity contribution in [2.75, 3.05) is 19.5 Å². The Morgan fingerprint density at radius 2 is 1.55 bits per heavy atom. The molecular formula is C22H27N3O4. The number of hydrogen-bond donors (Lipinski definition) is 2. The number of aromatic nitrogens is 1. The van der Waals surface area contributed by atoms with Gasteiger partial charge in [0.25, 0.3) is 11.8 Å². The summed E-state index contributed by atoms with van der Waals surface area (Å²) in [4.78, 5) is 29.4. The van der Waals surface area contributed by atoms with E-state index in [9.17, 15) is 9.59 Å². The average Bonchev–Trinajstić information content (AvgIpc) is 3.02. The monoisotopic (exact) mass is 397 g/mol. The van der Waals surface area contributed by atoms with Crippen molar-refractivity contribution < 1.29 is 19.1 Å². The summed E-state index contributed by atoms with van der Waals surface area (Å²) < 4.78 is 10.4. The maximum absolute atomic E-state index is 12.6. The molecule has 1 fully saturated rings. The van der Waals surface area contributed by atoms with Crippen molar-refractivity contribution in [2.45, 2.75) is 44.6 Å². The normalized spacial score (nSPS) is 14.6. The van der Waals surface area contributed by atoms with Gasteiger partial charge in [0.05, 0.1) is 14.2 Å². The summed E-state index contributed by atoms with van der Waals surface area (Å²) in [5.74, 6) is 0.439. The molecule has 3 rings (SSSR count). The fourth-order valence-corrected chi connectivity index (χ4v) is 3.48. The quantitative estimate of drug-likeness (QED) is 0.724. The molecule has 7 heteroatoms. The summed E-state index contributed by atoms with van der Waals surface area (Å²) in [6.07, 6.45) is 6.68. The van der Waals surface area contributed by atoms with E-state index >= 15 is 0 Å². The molecule has 1 aliphatic carbocycles. The predicted molar refractivity (Wildman–Crippen MR) is 111 cm³/mol. The summed E-state index contributed by atoms with van der Waals surface area (Å²) in [6.45, 7) is 0. The predicted octanol–water partition coefficient (Wildman–Crippen LogP) is 3.80. The Bertz CT molecular complexity index is 861. The van der Waals surface area contributed by atoms with Gasteiger partial charge in [-0.1, -0.05) is 31.7 Å². The van der Waals surface area contributed by atoms with Crippen LogP contribution in [0.5, 0.6) is 11.5 Å². The van der Waals surface area contributed by atoms with Crippen molar-refractivity contribution in [3.63, 3.8) is 0 Å². The molecule has 2 N–H and O–H groups in total. The van der Waals surface area contributed by atoms with Crippen LogP contribution in [0.2, 0.25) is 0 Å². The van der Waals surface area contributed by atoms with E-state index in [1.807, 2.05) is 0 Å². The molecule has 1 aromatic carbocycles. The Kier molecular flexibility index (Phi) is 7.05. The average molecular weight is 397 g/mol. The van der Waals surface area contributed by atoms with E-state index in [2.05, 4.69) is 15.6 Å². The molecule has 154 valence electrons. The van der Waals surface area contributed by atoms with Crippen LogP contribution in [-0.4, -0.2) is 37.1 Å². The molecule has 1 aromatic heterocycles. The zero-order chi connectivity index (χ0) is 20.6. The van der Waals surface area contributed by atoms with Gasteiger partial charge in [-0.25, -0.2) is 4.98 Å². The highest BCUT2D eigenvalue weighted by Gasteiger charge is 2.18. The van der Waals surface area contributed by atoms with E-state index in [0.717, 1.165) is 25.7 Å². The van der Waals surface area contributed by atoms with Gasteiger partial charge in [-0.2, -0.15) is 0 Å². The molecule has 29 heavy (non-hydrogen) atoms. The molecule has 0 radical (unpaired) electrons. The van der Waals surface area contributed by atoms with Gasteiger partial charge in [-0.05, 0) is 37.1 Å². The minimum atomic E-state index is -0.402. The van der Waals surface area contributed by atoms with Crippen LogP contribution < -0.4 is 20.1 Å². The first-order chi connectivity index (χ1) is 14.1. The maximum Gasteiger partial charge on any atom is 0.274 e. The van der Waals surface area contributed by atoms with Crippen LogP contribution >= 0.6 is 0 Å². The van der Waals surface area contributed by atoms with Gasteiger partial charge in [-0.3, -0.25) is 9.59 Å². The van der Waals surface area contributed by atoms with E-state index in [1.165, 1.54) is 20.0 Å². The molecule has 1 heterocycles. The molecule has 2 amide bonds. The van der Waals surface area contributed by atoms with Gasteiger partial charge in [0, 0.05) is 17.8 Å². The van der Waals surface area contributed by atoms with E-state index < -0.39 is 5.91 Å². The molecule has 1 aliphatic rings. The molecule has 1 saturated carbocycles. The number of methoxy groups -OCH3 is 2. The van der Waals surface area contributed by atoms with Gasteiger partial charge >= 0.3 is 0 Å². The maximum atomic E-state index is 12.6. The number of amides is 2. The highest BCUT2D eigenvalue weighted by molar-refractivity contribution is 6.04. The van der Waals surface area contributed by atoms with Crippen LogP contribution in [0.3, 0.4) is 0 Å². The summed E-state index contributed by atoms with van der Waals surface area (Å²) in [7, 11) is 3.08. The number of nitrogens with one attached hydrogen (secondary N) is 2. The second-order valence-electron chi connectivity index (χ2n) is 7.09. The SMILES string of the molecule is COc1ccc(NC(=O)c2cccc(C(=O)NC3CCCCCC3)n2)cc1OC. The summed E-state index contributed by atoms with van der Waals surface area (Å²) in [6, 6.07) is 10.1. The Labute approximate surface area is 170 Å². The Hall–Kier alpha value is -3.09. The van der Waals surface area contributed by atoms with Crippen molar-refractivity contribution in [3.8, 4) is 11.5 Å². The zero-order valence-corrected chi connectivity index (χ0v) is 16.9. The van der Waals surface area contributed by atoms with Gasteiger partial charge in [0.2, 0.25) is 0 Å². The molecule has 0 bridgehead atoms. The van der Waals surface area contributed by atoms with E-state index in [0.29, 0.717) is 17.2 Å². The summed E-state index contributed by atoms with van der Waals surface area (Å²) in [5, 5.41) is 5.83. The third-order valence-electron chi connectivity index (χ3n) is 5.05. The lowest BCUT2D eigenvalue weighted by molar-refractivity contribution is 0.0928. The molecule has 0 aliphatic heterocycles. The smallest absolute Gasteiger partial charge is 0.274 e. The van der Waals surface area contributed by atoms with Crippen molar-refractivity contribution in [2.24, 2.45) is 0 Å². The van der Waals surface area contributed by atoms with Gasteiger partial charge in [0.1, 0.15) is 11.4 Å². The molecule has 0 saturated heterocycles. The van der Waals surface area contributed by atoms with Crippen molar-refractivity contribution >= 4 is 17.5 Å². The fourth-order valence-electron chi connectivity index (χ4n) is 3.48. The number of nitrogens with zero attached hydrogens (tertiary/aromatic N) is 1. The highest BCUT2D eigenvalue weighted by Crippen LogP contribution is 2.29. The van der Waals surface area contributed by atoms with Crippen molar-refractivity contribution in [1.29, 1.82) is 0 Å². The van der Waals surface area contributed by atoms with E-state index in [-0.39, 0.29) is 23.3 Å². The first kappa shape index (κ1) is 20.6.